The maximum atomic E-state index is 13.7. The van der Waals surface area contributed by atoms with E-state index in [2.05, 4.69) is 5.32 Å². The summed E-state index contributed by atoms with van der Waals surface area (Å²) < 4.78 is 31.6. The van der Waals surface area contributed by atoms with E-state index in [1.54, 1.807) is 23.1 Å². The highest BCUT2D eigenvalue weighted by Gasteiger charge is 2.31. The van der Waals surface area contributed by atoms with E-state index in [-0.39, 0.29) is 48.8 Å². The third-order valence-corrected chi connectivity index (χ3v) is 9.07. The number of ether oxygens (including phenoxy) is 1. The van der Waals surface area contributed by atoms with Crippen molar-refractivity contribution in [2.45, 2.75) is 76.9 Å². The van der Waals surface area contributed by atoms with Crippen LogP contribution in [0.5, 0.6) is 5.75 Å². The molecule has 0 radical (unpaired) electrons. The summed E-state index contributed by atoms with van der Waals surface area (Å²) >= 11 is 12.7. The first-order valence-electron chi connectivity index (χ1n) is 13.7. The highest BCUT2D eigenvalue weighted by molar-refractivity contribution is 7.92. The zero-order valence-corrected chi connectivity index (χ0v) is 25.7. The maximum Gasteiger partial charge on any atom is 0.243 e. The van der Waals surface area contributed by atoms with Gasteiger partial charge in [-0.1, -0.05) is 67.6 Å². The number of amides is 2. The minimum atomic E-state index is -3.65. The van der Waals surface area contributed by atoms with Crippen molar-refractivity contribution in [3.63, 3.8) is 0 Å². The Labute approximate surface area is 248 Å². The van der Waals surface area contributed by atoms with Gasteiger partial charge in [0.25, 0.3) is 0 Å². The molecule has 8 nitrogen and oxygen atoms in total. The van der Waals surface area contributed by atoms with Crippen LogP contribution >= 0.6 is 23.2 Å². The van der Waals surface area contributed by atoms with Crippen LogP contribution in [0, 0.1) is 0 Å². The predicted molar refractivity (Wildman–Crippen MR) is 161 cm³/mol. The van der Waals surface area contributed by atoms with Crippen LogP contribution in [0.4, 0.5) is 5.69 Å². The van der Waals surface area contributed by atoms with Gasteiger partial charge < -0.3 is 15.0 Å². The summed E-state index contributed by atoms with van der Waals surface area (Å²) in [6.45, 7) is 2.13. The molecule has 0 saturated heterocycles. The lowest BCUT2D eigenvalue weighted by Gasteiger charge is -2.33. The molecule has 2 aromatic carbocycles. The first-order chi connectivity index (χ1) is 19.0. The number of anilines is 1. The molecule has 1 aliphatic rings. The van der Waals surface area contributed by atoms with Gasteiger partial charge in [-0.2, -0.15) is 0 Å². The largest absolute Gasteiger partial charge is 0.495 e. The third-order valence-electron chi connectivity index (χ3n) is 7.21. The second-order valence-electron chi connectivity index (χ2n) is 10.1. The van der Waals surface area contributed by atoms with E-state index in [1.165, 1.54) is 23.9 Å². The quantitative estimate of drug-likeness (QED) is 0.308. The summed E-state index contributed by atoms with van der Waals surface area (Å²) in [5.41, 5.74) is 1.12. The summed E-state index contributed by atoms with van der Waals surface area (Å²) in [6, 6.07) is 11.4. The molecule has 3 rings (SSSR count). The number of hydrogen-bond acceptors (Lipinski definition) is 5. The zero-order valence-electron chi connectivity index (χ0n) is 23.4. The van der Waals surface area contributed by atoms with E-state index in [1.807, 2.05) is 25.1 Å². The summed E-state index contributed by atoms with van der Waals surface area (Å²) in [5, 5.41) is 3.96. The molecule has 1 saturated carbocycles. The average Bonchev–Trinajstić information content (AvgIpc) is 2.91. The van der Waals surface area contributed by atoms with E-state index < -0.39 is 16.1 Å². The Balaban J connectivity index is 1.77. The number of carbonyl (C=O) groups excluding carboxylic acids is 2. The number of nitrogens with one attached hydrogen (secondary N) is 1. The number of nitrogens with zero attached hydrogens (tertiary/aromatic N) is 2. The van der Waals surface area contributed by atoms with Crippen LogP contribution in [0.3, 0.4) is 0 Å². The van der Waals surface area contributed by atoms with Crippen LogP contribution in [-0.4, -0.2) is 57.1 Å². The highest BCUT2D eigenvalue weighted by Crippen LogP contribution is 2.30. The minimum absolute atomic E-state index is 0.0492. The van der Waals surface area contributed by atoms with Gasteiger partial charge in [-0.3, -0.25) is 13.9 Å². The van der Waals surface area contributed by atoms with Crippen molar-refractivity contribution in [3.05, 3.63) is 58.1 Å². The van der Waals surface area contributed by atoms with Crippen LogP contribution in [-0.2, 0) is 26.2 Å². The van der Waals surface area contributed by atoms with Crippen molar-refractivity contribution in [3.8, 4) is 5.75 Å². The third kappa shape index (κ3) is 8.75. The molecule has 11 heteroatoms. The topological polar surface area (TPSA) is 96.0 Å². The van der Waals surface area contributed by atoms with Gasteiger partial charge in [0, 0.05) is 30.6 Å². The Morgan fingerprint density at radius 3 is 2.38 bits per heavy atom. The fraction of sp³-hybridized carbons (Fsp3) is 0.517. The number of hydrogen-bond donors (Lipinski definition) is 1. The molecule has 2 amide bonds. The van der Waals surface area contributed by atoms with Gasteiger partial charge in [0.2, 0.25) is 21.8 Å². The molecular weight excluding hydrogens is 573 g/mol. The first-order valence-corrected chi connectivity index (χ1v) is 16.3. The van der Waals surface area contributed by atoms with E-state index in [9.17, 15) is 18.0 Å². The van der Waals surface area contributed by atoms with Gasteiger partial charge in [-0.15, -0.1) is 0 Å². The number of halogens is 2. The Hall–Kier alpha value is -2.49. The molecule has 1 unspecified atom stereocenters. The molecule has 0 heterocycles. The Kier molecular flexibility index (Phi) is 12.0. The summed E-state index contributed by atoms with van der Waals surface area (Å²) in [7, 11) is -2.17. The predicted octanol–water partition coefficient (Wildman–Crippen LogP) is 5.80. The molecule has 2 aromatic rings. The van der Waals surface area contributed by atoms with Gasteiger partial charge in [0.1, 0.15) is 11.8 Å². The van der Waals surface area contributed by atoms with E-state index in [0.717, 1.165) is 37.5 Å². The first kappa shape index (κ1) is 32.0. The van der Waals surface area contributed by atoms with Gasteiger partial charge in [0.15, 0.2) is 0 Å². The van der Waals surface area contributed by atoms with E-state index in [0.29, 0.717) is 22.9 Å². The fourth-order valence-electron chi connectivity index (χ4n) is 5.09. The van der Waals surface area contributed by atoms with Gasteiger partial charge in [0.05, 0.1) is 24.1 Å². The minimum Gasteiger partial charge on any atom is -0.495 e. The molecule has 0 spiro atoms. The zero-order chi connectivity index (χ0) is 29.3. The van der Waals surface area contributed by atoms with Crippen LogP contribution in [0.25, 0.3) is 0 Å². The van der Waals surface area contributed by atoms with Crippen molar-refractivity contribution in [2.24, 2.45) is 0 Å². The molecule has 1 N–H and O–H groups in total. The SMILES string of the molecule is CCC(C(=O)NC1CCCCC1)N(Cc1ccccc1Cl)C(=O)CCCN(c1ccc(OC)c(Cl)c1)S(C)(=O)=O. The summed E-state index contributed by atoms with van der Waals surface area (Å²) in [6.07, 6.45) is 7.07. The molecule has 0 bridgehead atoms. The molecule has 1 atom stereocenters. The standard InChI is InChI=1S/C29H39Cl2N3O5S/c1-4-26(29(36)32-22-12-6-5-7-13-22)33(20-21-11-8-9-14-24(21)30)28(35)15-10-18-34(40(3,37)38)23-16-17-27(39-2)25(31)19-23/h8-9,11,14,16-17,19,22,26H,4-7,10,12-13,15,18,20H2,1-3H3,(H,32,36). The number of carbonyl (C=O) groups is 2. The Morgan fingerprint density at radius 2 is 1.77 bits per heavy atom. The number of rotatable bonds is 13. The summed E-state index contributed by atoms with van der Waals surface area (Å²) in [4.78, 5) is 28.6. The number of sulfonamides is 1. The Morgan fingerprint density at radius 1 is 1.07 bits per heavy atom. The lowest BCUT2D eigenvalue weighted by Crippen LogP contribution is -2.51. The molecule has 1 aliphatic carbocycles. The van der Waals surface area contributed by atoms with E-state index >= 15 is 0 Å². The molecule has 0 aromatic heterocycles. The second-order valence-corrected chi connectivity index (χ2v) is 12.9. The van der Waals surface area contributed by atoms with Crippen LogP contribution < -0.4 is 14.4 Å². The van der Waals surface area contributed by atoms with Crippen LogP contribution in [0.15, 0.2) is 42.5 Å². The lowest BCUT2D eigenvalue weighted by atomic mass is 9.95. The van der Waals surface area contributed by atoms with Crippen LogP contribution in [0.1, 0.15) is 63.9 Å². The van der Waals surface area contributed by atoms with Crippen molar-refractivity contribution < 1.29 is 22.7 Å². The van der Waals surface area contributed by atoms with Gasteiger partial charge in [-0.05, 0) is 55.5 Å². The molecule has 220 valence electrons. The normalized spacial score (nSPS) is 14.8. The van der Waals surface area contributed by atoms with E-state index in [4.69, 9.17) is 27.9 Å². The van der Waals surface area contributed by atoms with Gasteiger partial charge >= 0.3 is 0 Å². The molecule has 0 aliphatic heterocycles. The summed E-state index contributed by atoms with van der Waals surface area (Å²) in [5.74, 6) is 0.0218. The molecule has 1 fully saturated rings. The number of benzene rings is 2. The van der Waals surface area contributed by atoms with Crippen molar-refractivity contribution in [1.29, 1.82) is 0 Å². The smallest absolute Gasteiger partial charge is 0.243 e. The Bertz CT molecular complexity index is 1270. The number of methoxy groups -OCH3 is 1. The monoisotopic (exact) mass is 611 g/mol. The molecule has 40 heavy (non-hydrogen) atoms. The lowest BCUT2D eigenvalue weighted by molar-refractivity contribution is -0.141. The molecular formula is C29H39Cl2N3O5S. The van der Waals surface area contributed by atoms with Crippen molar-refractivity contribution >= 4 is 50.7 Å². The second kappa shape index (κ2) is 14.9. The van der Waals surface area contributed by atoms with Gasteiger partial charge in [-0.25, -0.2) is 8.42 Å². The average molecular weight is 613 g/mol. The van der Waals surface area contributed by atoms with Crippen molar-refractivity contribution in [1.82, 2.24) is 10.2 Å². The van der Waals surface area contributed by atoms with Crippen molar-refractivity contribution in [2.75, 3.05) is 24.2 Å². The highest BCUT2D eigenvalue weighted by atomic mass is 35.5. The van der Waals surface area contributed by atoms with Crippen LogP contribution in [0.2, 0.25) is 10.0 Å². The fourth-order valence-corrected chi connectivity index (χ4v) is 6.49. The maximum absolute atomic E-state index is 13.7.